The molecule has 0 radical (unpaired) electrons. The molecule has 0 aliphatic carbocycles. The molecule has 0 fully saturated rings. The number of urea groups is 1. The number of anilines is 2. The third-order valence-electron chi connectivity index (χ3n) is 2.27. The Balaban J connectivity index is 2.02. The van der Waals surface area contributed by atoms with E-state index in [9.17, 15) is 9.59 Å². The summed E-state index contributed by atoms with van der Waals surface area (Å²) in [5, 5.41) is 14.0. The summed E-state index contributed by atoms with van der Waals surface area (Å²) in [5.74, 6) is -0.0520. The molecule has 0 spiro atoms. The van der Waals surface area contributed by atoms with Crippen LogP contribution in [0.25, 0.3) is 0 Å². The third-order valence-corrected chi connectivity index (χ3v) is 3.03. The number of aromatic nitrogens is 2. The second kappa shape index (κ2) is 5.57. The Morgan fingerprint density at radius 3 is 2.63 bits per heavy atom. The number of aryl methyl sites for hydroxylation is 1. The molecular weight excluding hydrogens is 264 g/mol. The van der Waals surface area contributed by atoms with Gasteiger partial charge >= 0.3 is 6.03 Å². The van der Waals surface area contributed by atoms with Gasteiger partial charge in [-0.1, -0.05) is 23.5 Å². The lowest BCUT2D eigenvalue weighted by Crippen LogP contribution is -2.19. The van der Waals surface area contributed by atoms with E-state index < -0.39 is 6.03 Å². The fourth-order valence-corrected chi connectivity index (χ4v) is 2.01. The van der Waals surface area contributed by atoms with Gasteiger partial charge in [-0.2, -0.15) is 0 Å². The molecule has 19 heavy (non-hydrogen) atoms. The highest BCUT2D eigenvalue weighted by atomic mass is 32.1. The van der Waals surface area contributed by atoms with E-state index in [1.54, 1.807) is 31.2 Å². The van der Waals surface area contributed by atoms with Crippen LogP contribution in [0.2, 0.25) is 0 Å². The maximum atomic E-state index is 11.7. The molecule has 0 bridgehead atoms. The first-order valence-corrected chi connectivity index (χ1v) is 6.35. The van der Waals surface area contributed by atoms with Crippen LogP contribution in [-0.2, 0) is 0 Å². The summed E-state index contributed by atoms with van der Waals surface area (Å²) in [6.07, 6.45) is 0. The SMILES string of the molecule is CC(=O)c1cccc(NC(=O)Nc2nnc(C)s2)c1. The zero-order chi connectivity index (χ0) is 13.8. The molecule has 7 heteroatoms. The first-order chi connectivity index (χ1) is 9.04. The van der Waals surface area contributed by atoms with E-state index in [2.05, 4.69) is 20.8 Å². The summed E-state index contributed by atoms with van der Waals surface area (Å²) in [6.45, 7) is 3.28. The Morgan fingerprint density at radius 2 is 2.00 bits per heavy atom. The van der Waals surface area contributed by atoms with Crippen molar-refractivity contribution >= 4 is 34.0 Å². The molecule has 1 heterocycles. The van der Waals surface area contributed by atoms with Crippen molar-refractivity contribution in [2.45, 2.75) is 13.8 Å². The van der Waals surface area contributed by atoms with Crippen molar-refractivity contribution < 1.29 is 9.59 Å². The lowest BCUT2D eigenvalue weighted by molar-refractivity contribution is 0.101. The third kappa shape index (κ3) is 3.59. The Bertz CT molecular complexity index is 624. The van der Waals surface area contributed by atoms with Crippen molar-refractivity contribution in [2.24, 2.45) is 0 Å². The molecule has 6 nitrogen and oxygen atoms in total. The van der Waals surface area contributed by atoms with E-state index in [4.69, 9.17) is 0 Å². The van der Waals surface area contributed by atoms with Crippen LogP contribution in [0.4, 0.5) is 15.6 Å². The predicted octanol–water partition coefficient (Wildman–Crippen LogP) is 2.69. The monoisotopic (exact) mass is 276 g/mol. The van der Waals surface area contributed by atoms with E-state index in [0.29, 0.717) is 16.4 Å². The minimum absolute atomic E-state index is 0.0520. The lowest BCUT2D eigenvalue weighted by Gasteiger charge is -2.06. The van der Waals surface area contributed by atoms with Crippen molar-refractivity contribution in [1.82, 2.24) is 10.2 Å². The van der Waals surface area contributed by atoms with Crippen LogP contribution >= 0.6 is 11.3 Å². The fourth-order valence-electron chi connectivity index (χ4n) is 1.42. The second-order valence-electron chi connectivity index (χ2n) is 3.84. The van der Waals surface area contributed by atoms with E-state index in [-0.39, 0.29) is 5.78 Å². The number of Topliss-reactive ketones (excluding diaryl/α,β-unsaturated/α-hetero) is 1. The molecule has 0 aliphatic rings. The van der Waals surface area contributed by atoms with E-state index in [1.165, 1.54) is 18.3 Å². The van der Waals surface area contributed by atoms with Crippen molar-refractivity contribution in [3.8, 4) is 0 Å². The highest BCUT2D eigenvalue weighted by Crippen LogP contribution is 2.15. The smallest absolute Gasteiger partial charge is 0.308 e. The first-order valence-electron chi connectivity index (χ1n) is 5.54. The zero-order valence-corrected chi connectivity index (χ0v) is 11.2. The van der Waals surface area contributed by atoms with Gasteiger partial charge in [0, 0.05) is 11.3 Å². The standard InChI is InChI=1S/C12H12N4O2S/c1-7(17)9-4-3-5-10(6-9)13-11(18)14-12-16-15-8(2)19-12/h3-6H,1-2H3,(H2,13,14,16,18). The molecule has 1 aromatic heterocycles. The van der Waals surface area contributed by atoms with Crippen LogP contribution in [0.5, 0.6) is 0 Å². The van der Waals surface area contributed by atoms with E-state index in [1.807, 2.05) is 0 Å². The minimum Gasteiger partial charge on any atom is -0.308 e. The Kier molecular flexibility index (Phi) is 3.86. The molecule has 0 saturated carbocycles. The number of benzene rings is 1. The van der Waals surface area contributed by atoms with Gasteiger partial charge in [0.05, 0.1) is 0 Å². The second-order valence-corrected chi connectivity index (χ2v) is 5.02. The minimum atomic E-state index is -0.420. The van der Waals surface area contributed by atoms with E-state index >= 15 is 0 Å². The van der Waals surface area contributed by atoms with Gasteiger partial charge in [0.2, 0.25) is 5.13 Å². The molecule has 2 N–H and O–H groups in total. The van der Waals surface area contributed by atoms with Crippen molar-refractivity contribution in [1.29, 1.82) is 0 Å². The molecule has 2 aromatic rings. The molecule has 0 aliphatic heterocycles. The molecule has 0 atom stereocenters. The molecule has 2 amide bonds. The predicted molar refractivity (Wildman–Crippen MR) is 73.7 cm³/mol. The summed E-state index contributed by atoms with van der Waals surface area (Å²) >= 11 is 1.29. The summed E-state index contributed by atoms with van der Waals surface area (Å²) in [5.41, 5.74) is 1.09. The fraction of sp³-hybridized carbons (Fsp3) is 0.167. The topological polar surface area (TPSA) is 84.0 Å². The zero-order valence-electron chi connectivity index (χ0n) is 10.4. The molecular formula is C12H12N4O2S. The number of hydrogen-bond donors (Lipinski definition) is 2. The number of nitrogens with zero attached hydrogens (tertiary/aromatic N) is 2. The maximum Gasteiger partial charge on any atom is 0.325 e. The van der Waals surface area contributed by atoms with Crippen molar-refractivity contribution in [3.05, 3.63) is 34.8 Å². The number of carbonyl (C=O) groups is 2. The number of nitrogens with one attached hydrogen (secondary N) is 2. The Labute approximate surface area is 113 Å². The van der Waals surface area contributed by atoms with Gasteiger partial charge in [-0.15, -0.1) is 10.2 Å². The average Bonchev–Trinajstić information content (AvgIpc) is 2.74. The number of hydrogen-bond acceptors (Lipinski definition) is 5. The number of amides is 2. The van der Waals surface area contributed by atoms with Gasteiger partial charge < -0.3 is 5.32 Å². The number of carbonyl (C=O) groups excluding carboxylic acids is 2. The lowest BCUT2D eigenvalue weighted by atomic mass is 10.1. The van der Waals surface area contributed by atoms with Crippen LogP contribution in [0.1, 0.15) is 22.3 Å². The van der Waals surface area contributed by atoms with Crippen LogP contribution < -0.4 is 10.6 Å². The molecule has 98 valence electrons. The first kappa shape index (κ1) is 13.2. The average molecular weight is 276 g/mol. The number of ketones is 1. The summed E-state index contributed by atoms with van der Waals surface area (Å²) < 4.78 is 0. The Morgan fingerprint density at radius 1 is 1.21 bits per heavy atom. The van der Waals surface area contributed by atoms with Crippen LogP contribution in [0.15, 0.2) is 24.3 Å². The summed E-state index contributed by atoms with van der Waals surface area (Å²) in [4.78, 5) is 22.9. The van der Waals surface area contributed by atoms with Crippen molar-refractivity contribution in [3.63, 3.8) is 0 Å². The summed E-state index contributed by atoms with van der Waals surface area (Å²) in [7, 11) is 0. The van der Waals surface area contributed by atoms with Gasteiger partial charge in [-0.3, -0.25) is 10.1 Å². The van der Waals surface area contributed by atoms with Gasteiger partial charge in [0.1, 0.15) is 5.01 Å². The van der Waals surface area contributed by atoms with Gasteiger partial charge in [-0.25, -0.2) is 4.79 Å². The van der Waals surface area contributed by atoms with Crippen LogP contribution in [0, 0.1) is 6.92 Å². The molecule has 1 aromatic carbocycles. The Hall–Kier alpha value is -2.28. The van der Waals surface area contributed by atoms with E-state index in [0.717, 1.165) is 5.01 Å². The number of rotatable bonds is 3. The quantitative estimate of drug-likeness (QED) is 0.844. The largest absolute Gasteiger partial charge is 0.325 e. The van der Waals surface area contributed by atoms with Crippen LogP contribution in [-0.4, -0.2) is 22.0 Å². The normalized spacial score (nSPS) is 10.0. The highest BCUT2D eigenvalue weighted by Gasteiger charge is 2.07. The van der Waals surface area contributed by atoms with Crippen LogP contribution in [0.3, 0.4) is 0 Å². The molecule has 2 rings (SSSR count). The van der Waals surface area contributed by atoms with Crippen molar-refractivity contribution in [2.75, 3.05) is 10.6 Å². The maximum absolute atomic E-state index is 11.7. The highest BCUT2D eigenvalue weighted by molar-refractivity contribution is 7.15. The molecule has 0 unspecified atom stereocenters. The van der Waals surface area contributed by atoms with Gasteiger partial charge in [-0.05, 0) is 26.0 Å². The summed E-state index contributed by atoms with van der Waals surface area (Å²) in [6, 6.07) is 6.31. The van der Waals surface area contributed by atoms with Gasteiger partial charge in [0.15, 0.2) is 5.78 Å². The van der Waals surface area contributed by atoms with Gasteiger partial charge in [0.25, 0.3) is 0 Å². The molecule has 0 saturated heterocycles.